The lowest BCUT2D eigenvalue weighted by atomic mass is 9.87. The molecule has 12 heteroatoms. The zero-order valence-electron chi connectivity index (χ0n) is 22.5. The molecule has 0 fully saturated rings. The SMILES string of the molecule is CC(C)(CO)C(O)C(=O)NCCC(=O)O.CNCC(=O)Nc1nc2ccccc2c2c1ncn2CC(C)C. The molecule has 0 aliphatic rings. The Balaban J connectivity index is 0.000000296. The molecule has 1 unspecified atom stereocenters. The molecule has 2 heterocycles. The zero-order valence-corrected chi connectivity index (χ0v) is 22.5. The van der Waals surface area contributed by atoms with E-state index in [4.69, 9.17) is 10.2 Å². The van der Waals surface area contributed by atoms with Crippen LogP contribution in [0.5, 0.6) is 0 Å². The molecule has 38 heavy (non-hydrogen) atoms. The molecule has 0 aliphatic carbocycles. The number of anilines is 1. The number of benzene rings is 1. The van der Waals surface area contributed by atoms with E-state index in [0.29, 0.717) is 11.7 Å². The number of aromatic nitrogens is 3. The fourth-order valence-electron chi connectivity index (χ4n) is 3.57. The first-order valence-corrected chi connectivity index (χ1v) is 12.4. The van der Waals surface area contributed by atoms with Gasteiger partial charge in [-0.15, -0.1) is 0 Å². The van der Waals surface area contributed by atoms with Crippen molar-refractivity contribution in [3.05, 3.63) is 30.6 Å². The third kappa shape index (κ3) is 8.20. The van der Waals surface area contributed by atoms with Gasteiger partial charge < -0.3 is 35.8 Å². The predicted octanol–water partition coefficient (Wildman–Crippen LogP) is 1.36. The van der Waals surface area contributed by atoms with Gasteiger partial charge in [0.2, 0.25) is 11.8 Å². The van der Waals surface area contributed by atoms with Gasteiger partial charge in [0.05, 0.1) is 36.9 Å². The molecule has 0 saturated heterocycles. The summed E-state index contributed by atoms with van der Waals surface area (Å²) in [4.78, 5) is 42.4. The number of likely N-dealkylation sites (N-methyl/N-ethyl adjacent to an activating group) is 1. The van der Waals surface area contributed by atoms with Crippen LogP contribution in [0.3, 0.4) is 0 Å². The molecule has 0 saturated carbocycles. The van der Waals surface area contributed by atoms with Gasteiger partial charge in [-0.1, -0.05) is 45.9 Å². The molecule has 3 rings (SSSR count). The molecule has 6 N–H and O–H groups in total. The number of carboxylic acids is 1. The number of hydrogen-bond donors (Lipinski definition) is 6. The Bertz CT molecular complexity index is 1260. The number of para-hydroxylation sites is 1. The quantitative estimate of drug-likeness (QED) is 0.213. The Kier molecular flexibility index (Phi) is 11.1. The maximum absolute atomic E-state index is 11.9. The van der Waals surface area contributed by atoms with Crippen molar-refractivity contribution in [2.45, 2.75) is 46.8 Å². The third-order valence-corrected chi connectivity index (χ3v) is 5.64. The summed E-state index contributed by atoms with van der Waals surface area (Å²) in [6.07, 6.45) is 0.279. The van der Waals surface area contributed by atoms with E-state index < -0.39 is 23.4 Å². The Morgan fingerprint density at radius 1 is 1.16 bits per heavy atom. The molecule has 1 atom stereocenters. The molecule has 2 amide bonds. The number of aliphatic carboxylic acids is 1. The fourth-order valence-corrected chi connectivity index (χ4v) is 3.57. The minimum atomic E-state index is -1.35. The maximum Gasteiger partial charge on any atom is 0.305 e. The summed E-state index contributed by atoms with van der Waals surface area (Å²) in [6.45, 7) is 8.16. The highest BCUT2D eigenvalue weighted by Gasteiger charge is 2.32. The van der Waals surface area contributed by atoms with Crippen LogP contribution in [0.1, 0.15) is 34.1 Å². The molecular weight excluding hydrogens is 492 g/mol. The van der Waals surface area contributed by atoms with E-state index in [1.165, 1.54) is 13.8 Å². The van der Waals surface area contributed by atoms with Crippen LogP contribution in [0.25, 0.3) is 21.9 Å². The summed E-state index contributed by atoms with van der Waals surface area (Å²) in [6, 6.07) is 7.94. The van der Waals surface area contributed by atoms with E-state index >= 15 is 0 Å². The van der Waals surface area contributed by atoms with Crippen molar-refractivity contribution in [1.82, 2.24) is 25.2 Å². The zero-order chi connectivity index (χ0) is 28.5. The number of pyridine rings is 1. The fraction of sp³-hybridized carbons (Fsp3) is 0.500. The van der Waals surface area contributed by atoms with Crippen LogP contribution in [0.4, 0.5) is 5.82 Å². The number of carbonyl (C=O) groups is 3. The van der Waals surface area contributed by atoms with Gasteiger partial charge in [-0.25, -0.2) is 9.97 Å². The third-order valence-electron chi connectivity index (χ3n) is 5.64. The minimum Gasteiger partial charge on any atom is -0.481 e. The maximum atomic E-state index is 11.9. The van der Waals surface area contributed by atoms with Crippen LogP contribution in [0.2, 0.25) is 0 Å². The first kappa shape index (κ1) is 30.6. The van der Waals surface area contributed by atoms with Crippen LogP contribution in [0.15, 0.2) is 30.6 Å². The predicted molar refractivity (Wildman–Crippen MR) is 145 cm³/mol. The molecule has 12 nitrogen and oxygen atoms in total. The van der Waals surface area contributed by atoms with Gasteiger partial charge in [-0.3, -0.25) is 14.4 Å². The van der Waals surface area contributed by atoms with Crippen molar-refractivity contribution < 1.29 is 29.7 Å². The lowest BCUT2D eigenvalue weighted by Crippen LogP contribution is -2.45. The van der Waals surface area contributed by atoms with E-state index in [2.05, 4.69) is 44.3 Å². The number of rotatable bonds is 11. The molecule has 0 radical (unpaired) electrons. The number of fused-ring (bicyclic) bond motifs is 3. The number of nitrogens with one attached hydrogen (secondary N) is 3. The smallest absolute Gasteiger partial charge is 0.305 e. The van der Waals surface area contributed by atoms with Crippen molar-refractivity contribution in [2.75, 3.05) is 32.1 Å². The van der Waals surface area contributed by atoms with E-state index in [0.717, 1.165) is 28.5 Å². The van der Waals surface area contributed by atoms with Crippen molar-refractivity contribution in [3.8, 4) is 0 Å². The summed E-state index contributed by atoms with van der Waals surface area (Å²) in [5.41, 5.74) is 1.66. The van der Waals surface area contributed by atoms with Crippen molar-refractivity contribution in [2.24, 2.45) is 11.3 Å². The Morgan fingerprint density at radius 3 is 2.45 bits per heavy atom. The second-order valence-corrected chi connectivity index (χ2v) is 10.0. The monoisotopic (exact) mass is 530 g/mol. The summed E-state index contributed by atoms with van der Waals surface area (Å²) in [5.74, 6) is -0.806. The number of aliphatic hydroxyl groups is 2. The van der Waals surface area contributed by atoms with Gasteiger partial charge >= 0.3 is 5.97 Å². The van der Waals surface area contributed by atoms with Gasteiger partial charge in [0.15, 0.2) is 5.82 Å². The molecule has 0 spiro atoms. The van der Waals surface area contributed by atoms with E-state index in [-0.39, 0.29) is 32.0 Å². The van der Waals surface area contributed by atoms with Crippen LogP contribution in [0, 0.1) is 11.3 Å². The molecule has 208 valence electrons. The summed E-state index contributed by atoms with van der Waals surface area (Å²) >= 11 is 0. The first-order chi connectivity index (χ1) is 17.9. The number of nitrogens with zero attached hydrogens (tertiary/aromatic N) is 3. The molecule has 0 bridgehead atoms. The number of carboxylic acid groups (broad SMARTS) is 1. The van der Waals surface area contributed by atoms with Crippen molar-refractivity contribution >= 4 is 45.5 Å². The summed E-state index contributed by atoms with van der Waals surface area (Å²) in [7, 11) is 1.74. The largest absolute Gasteiger partial charge is 0.481 e. The molecule has 2 aromatic heterocycles. The van der Waals surface area contributed by atoms with Crippen molar-refractivity contribution in [1.29, 1.82) is 0 Å². The van der Waals surface area contributed by atoms with Gasteiger partial charge in [-0.2, -0.15) is 0 Å². The van der Waals surface area contributed by atoms with Crippen LogP contribution in [-0.4, -0.2) is 80.5 Å². The van der Waals surface area contributed by atoms with Crippen LogP contribution >= 0.6 is 0 Å². The summed E-state index contributed by atoms with van der Waals surface area (Å²) in [5, 5.41) is 35.7. The number of imidazole rings is 1. The first-order valence-electron chi connectivity index (χ1n) is 12.4. The van der Waals surface area contributed by atoms with E-state index in [1.807, 2.05) is 30.6 Å². The standard InChI is InChI=1S/C17H21N5O.C9H17NO5/c1-11(2)9-22-10-19-15-16(22)12-6-4-5-7-13(12)20-17(15)21-14(23)8-18-3;1-9(2,5-11)7(14)8(15)10-4-3-6(12)13/h4-7,10-11,18H,8-9H2,1-3H3,(H,20,21,23);7,11,14H,3-5H2,1-2H3,(H,10,15)(H,12,13). The van der Waals surface area contributed by atoms with Gasteiger partial charge in [0, 0.05) is 23.9 Å². The van der Waals surface area contributed by atoms with E-state index in [9.17, 15) is 19.5 Å². The number of hydrogen-bond acceptors (Lipinski definition) is 8. The average Bonchev–Trinajstić information content (AvgIpc) is 3.27. The second-order valence-electron chi connectivity index (χ2n) is 10.0. The topological polar surface area (TPSA) is 179 Å². The Hall–Kier alpha value is -3.61. The highest BCUT2D eigenvalue weighted by molar-refractivity contribution is 6.09. The Labute approximate surface area is 221 Å². The van der Waals surface area contributed by atoms with Gasteiger partial charge in [-0.05, 0) is 19.0 Å². The second kappa shape index (κ2) is 13.8. The number of aliphatic hydroxyl groups excluding tert-OH is 2. The number of carbonyl (C=O) groups excluding carboxylic acids is 2. The number of amides is 2. The van der Waals surface area contributed by atoms with Gasteiger partial charge in [0.1, 0.15) is 11.6 Å². The lowest BCUT2D eigenvalue weighted by molar-refractivity contribution is -0.138. The minimum absolute atomic E-state index is 0.0350. The normalized spacial score (nSPS) is 12.2. The van der Waals surface area contributed by atoms with E-state index in [1.54, 1.807) is 7.05 Å². The molecular formula is C26H38N6O6. The summed E-state index contributed by atoms with van der Waals surface area (Å²) < 4.78 is 2.14. The Morgan fingerprint density at radius 2 is 1.84 bits per heavy atom. The molecule has 3 aromatic rings. The van der Waals surface area contributed by atoms with Crippen LogP contribution < -0.4 is 16.0 Å². The van der Waals surface area contributed by atoms with Crippen molar-refractivity contribution in [3.63, 3.8) is 0 Å². The lowest BCUT2D eigenvalue weighted by Gasteiger charge is -2.26. The average molecular weight is 531 g/mol. The molecule has 1 aromatic carbocycles. The molecule has 0 aliphatic heterocycles. The van der Waals surface area contributed by atoms with Gasteiger partial charge in [0.25, 0.3) is 0 Å². The highest BCUT2D eigenvalue weighted by Crippen LogP contribution is 2.29. The highest BCUT2D eigenvalue weighted by atomic mass is 16.4. The van der Waals surface area contributed by atoms with Crippen LogP contribution in [-0.2, 0) is 20.9 Å².